The van der Waals surface area contributed by atoms with Crippen LogP contribution in [0.2, 0.25) is 5.02 Å². The van der Waals surface area contributed by atoms with Gasteiger partial charge in [-0.05, 0) is 25.0 Å². The number of hydrogen-bond acceptors (Lipinski definition) is 4. The normalized spacial score (nSPS) is 17.3. The van der Waals surface area contributed by atoms with Crippen LogP contribution in [0.25, 0.3) is 0 Å². The molecule has 1 unspecified atom stereocenters. The number of nitrogens with one attached hydrogen (secondary N) is 1. The van der Waals surface area contributed by atoms with E-state index in [1.54, 1.807) is 25.3 Å². The smallest absolute Gasteiger partial charge is 0.327 e. The lowest BCUT2D eigenvalue weighted by molar-refractivity contribution is -0.143. The second kappa shape index (κ2) is 7.66. The first-order valence-electron chi connectivity index (χ1n) is 7.33. The Bertz CT molecular complexity index is 486. The highest BCUT2D eigenvalue weighted by Crippen LogP contribution is 2.34. The van der Waals surface area contributed by atoms with Crippen molar-refractivity contribution >= 4 is 17.6 Å². The molecule has 1 aliphatic carbocycles. The number of benzene rings is 1. The Morgan fingerprint density at radius 1 is 1.29 bits per heavy atom. The number of carbonyl (C=O) groups excluding carboxylic acids is 1. The Kier molecular flexibility index (Phi) is 5.88. The highest BCUT2D eigenvalue weighted by atomic mass is 35.5. The van der Waals surface area contributed by atoms with E-state index in [0.29, 0.717) is 22.4 Å². The molecule has 4 nitrogen and oxygen atoms in total. The molecular weight excluding hydrogens is 290 g/mol. The van der Waals surface area contributed by atoms with Crippen LogP contribution in [0.5, 0.6) is 5.75 Å². The van der Waals surface area contributed by atoms with E-state index in [1.165, 1.54) is 26.4 Å². The molecule has 2 rings (SSSR count). The van der Waals surface area contributed by atoms with Gasteiger partial charge in [0.25, 0.3) is 0 Å². The van der Waals surface area contributed by atoms with Gasteiger partial charge in [-0.2, -0.15) is 0 Å². The SMILES string of the molecule is COC(=O)C(NC1CCCCC1)c1c(Cl)cccc1OC. The fourth-order valence-corrected chi connectivity index (χ4v) is 3.14. The molecule has 1 N–H and O–H groups in total. The van der Waals surface area contributed by atoms with Crippen LogP contribution in [-0.4, -0.2) is 26.2 Å². The summed E-state index contributed by atoms with van der Waals surface area (Å²) in [4.78, 5) is 12.2. The summed E-state index contributed by atoms with van der Waals surface area (Å²) in [5, 5.41) is 3.91. The van der Waals surface area contributed by atoms with Crippen LogP contribution in [0.4, 0.5) is 0 Å². The van der Waals surface area contributed by atoms with Gasteiger partial charge in [0.05, 0.1) is 14.2 Å². The second-order valence-corrected chi connectivity index (χ2v) is 5.72. The van der Waals surface area contributed by atoms with Gasteiger partial charge in [0.15, 0.2) is 0 Å². The zero-order valence-electron chi connectivity index (χ0n) is 12.5. The molecule has 0 amide bonds. The molecule has 0 bridgehead atoms. The number of esters is 1. The maximum atomic E-state index is 12.2. The zero-order chi connectivity index (χ0) is 15.2. The highest BCUT2D eigenvalue weighted by Gasteiger charge is 2.30. The molecule has 1 saturated carbocycles. The molecule has 0 spiro atoms. The first kappa shape index (κ1) is 16.1. The number of ether oxygens (including phenoxy) is 2. The minimum Gasteiger partial charge on any atom is -0.496 e. The molecule has 1 aromatic rings. The number of halogens is 1. The van der Waals surface area contributed by atoms with Gasteiger partial charge in [0.1, 0.15) is 11.8 Å². The standard InChI is InChI=1S/C16H22ClNO3/c1-20-13-10-6-9-12(17)14(13)15(16(19)21-2)18-11-7-4-3-5-8-11/h6,9-11,15,18H,3-5,7-8H2,1-2H3. The van der Waals surface area contributed by atoms with Crippen LogP contribution in [-0.2, 0) is 9.53 Å². The molecular formula is C16H22ClNO3. The van der Waals surface area contributed by atoms with Crippen molar-refractivity contribution in [3.8, 4) is 5.75 Å². The fourth-order valence-electron chi connectivity index (χ4n) is 2.87. The molecule has 0 aliphatic heterocycles. The van der Waals surface area contributed by atoms with Gasteiger partial charge < -0.3 is 9.47 Å². The molecule has 5 heteroatoms. The first-order valence-corrected chi connectivity index (χ1v) is 7.71. The van der Waals surface area contributed by atoms with E-state index in [0.717, 1.165) is 12.8 Å². The van der Waals surface area contributed by atoms with Crippen LogP contribution < -0.4 is 10.1 Å². The summed E-state index contributed by atoms with van der Waals surface area (Å²) < 4.78 is 10.3. The lowest BCUT2D eigenvalue weighted by Gasteiger charge is -2.28. The summed E-state index contributed by atoms with van der Waals surface area (Å²) in [7, 11) is 2.96. The van der Waals surface area contributed by atoms with Gasteiger partial charge in [0, 0.05) is 16.6 Å². The third-order valence-electron chi connectivity index (χ3n) is 3.97. The maximum absolute atomic E-state index is 12.2. The number of methoxy groups -OCH3 is 2. The van der Waals surface area contributed by atoms with Crippen molar-refractivity contribution < 1.29 is 14.3 Å². The molecule has 1 aliphatic rings. The third-order valence-corrected chi connectivity index (χ3v) is 4.30. The Hall–Kier alpha value is -1.26. The minimum absolute atomic E-state index is 0.309. The molecule has 0 aromatic heterocycles. The van der Waals surface area contributed by atoms with E-state index >= 15 is 0 Å². The van der Waals surface area contributed by atoms with E-state index < -0.39 is 6.04 Å². The number of rotatable bonds is 5. The van der Waals surface area contributed by atoms with Crippen LogP contribution in [0.1, 0.15) is 43.7 Å². The van der Waals surface area contributed by atoms with Crippen LogP contribution >= 0.6 is 11.6 Å². The summed E-state index contributed by atoms with van der Waals surface area (Å²) >= 11 is 6.29. The van der Waals surface area contributed by atoms with Crippen LogP contribution in [0.3, 0.4) is 0 Å². The average molecular weight is 312 g/mol. The largest absolute Gasteiger partial charge is 0.496 e. The van der Waals surface area contributed by atoms with Crippen molar-refractivity contribution in [3.05, 3.63) is 28.8 Å². The van der Waals surface area contributed by atoms with E-state index in [9.17, 15) is 4.79 Å². The molecule has 0 radical (unpaired) electrons. The highest BCUT2D eigenvalue weighted by molar-refractivity contribution is 6.31. The second-order valence-electron chi connectivity index (χ2n) is 5.31. The molecule has 1 aromatic carbocycles. The van der Waals surface area contributed by atoms with Gasteiger partial charge in [-0.1, -0.05) is 36.9 Å². The third kappa shape index (κ3) is 3.89. The van der Waals surface area contributed by atoms with Crippen molar-refractivity contribution in [1.29, 1.82) is 0 Å². The zero-order valence-corrected chi connectivity index (χ0v) is 13.3. The Balaban J connectivity index is 2.29. The van der Waals surface area contributed by atoms with Crippen molar-refractivity contribution in [3.63, 3.8) is 0 Å². The molecule has 116 valence electrons. The Morgan fingerprint density at radius 2 is 2.00 bits per heavy atom. The first-order chi connectivity index (χ1) is 10.2. The van der Waals surface area contributed by atoms with E-state index in [4.69, 9.17) is 21.1 Å². The minimum atomic E-state index is -0.596. The summed E-state index contributed by atoms with van der Waals surface area (Å²) in [6, 6.07) is 5.09. The monoisotopic (exact) mass is 311 g/mol. The van der Waals surface area contributed by atoms with E-state index in [-0.39, 0.29) is 5.97 Å². The predicted molar refractivity (Wildman–Crippen MR) is 82.8 cm³/mol. The average Bonchev–Trinajstić information content (AvgIpc) is 2.53. The summed E-state index contributed by atoms with van der Waals surface area (Å²) in [6.07, 6.45) is 5.77. The van der Waals surface area contributed by atoms with Gasteiger partial charge in [0.2, 0.25) is 0 Å². The lowest BCUT2D eigenvalue weighted by Crippen LogP contribution is -2.39. The van der Waals surface area contributed by atoms with Gasteiger partial charge in [-0.15, -0.1) is 0 Å². The number of hydrogen-bond donors (Lipinski definition) is 1. The molecule has 1 atom stereocenters. The Morgan fingerprint density at radius 3 is 2.62 bits per heavy atom. The van der Waals surface area contributed by atoms with Gasteiger partial charge in [-0.25, -0.2) is 4.79 Å². The topological polar surface area (TPSA) is 47.6 Å². The quantitative estimate of drug-likeness (QED) is 0.846. The molecule has 0 saturated heterocycles. The molecule has 0 heterocycles. The van der Waals surface area contributed by atoms with Gasteiger partial charge in [-0.3, -0.25) is 5.32 Å². The Labute approximate surface area is 130 Å². The van der Waals surface area contributed by atoms with Crippen molar-refractivity contribution in [1.82, 2.24) is 5.32 Å². The van der Waals surface area contributed by atoms with Crippen LogP contribution in [0.15, 0.2) is 18.2 Å². The van der Waals surface area contributed by atoms with Crippen molar-refractivity contribution in [2.45, 2.75) is 44.2 Å². The predicted octanol–water partition coefficient (Wildman–Crippen LogP) is 3.49. The summed E-state index contributed by atoms with van der Waals surface area (Å²) in [5.74, 6) is 0.258. The van der Waals surface area contributed by atoms with Gasteiger partial charge >= 0.3 is 5.97 Å². The molecule has 1 fully saturated rings. The fraction of sp³-hybridized carbons (Fsp3) is 0.562. The maximum Gasteiger partial charge on any atom is 0.327 e. The summed E-state index contributed by atoms with van der Waals surface area (Å²) in [5.41, 5.74) is 0.652. The van der Waals surface area contributed by atoms with E-state index in [1.807, 2.05) is 0 Å². The lowest BCUT2D eigenvalue weighted by atomic mass is 9.93. The number of carbonyl (C=O) groups is 1. The van der Waals surface area contributed by atoms with Crippen molar-refractivity contribution in [2.75, 3.05) is 14.2 Å². The van der Waals surface area contributed by atoms with Crippen molar-refractivity contribution in [2.24, 2.45) is 0 Å². The van der Waals surface area contributed by atoms with E-state index in [2.05, 4.69) is 5.32 Å². The molecule has 21 heavy (non-hydrogen) atoms. The van der Waals surface area contributed by atoms with Crippen LogP contribution in [0, 0.1) is 0 Å². The summed E-state index contributed by atoms with van der Waals surface area (Å²) in [6.45, 7) is 0.